The summed E-state index contributed by atoms with van der Waals surface area (Å²) in [5.41, 5.74) is -0.346. The lowest BCUT2D eigenvalue weighted by atomic mass is 10.0. The highest BCUT2D eigenvalue weighted by atomic mass is 35.5. The normalized spacial score (nSPS) is 14.1. The van der Waals surface area contributed by atoms with E-state index in [4.69, 9.17) is 18.0 Å². The summed E-state index contributed by atoms with van der Waals surface area (Å²) in [6.45, 7) is 3.99. The first kappa shape index (κ1) is 10.9. The van der Waals surface area contributed by atoms with Crippen LogP contribution in [0.1, 0.15) is 20.3 Å². The summed E-state index contributed by atoms with van der Waals surface area (Å²) in [7, 11) is 0. The second-order valence-corrected chi connectivity index (χ2v) is 3.75. The van der Waals surface area contributed by atoms with Gasteiger partial charge in [0, 0.05) is 6.20 Å². The summed E-state index contributed by atoms with van der Waals surface area (Å²) in [5.74, 6) is 3.45. The van der Waals surface area contributed by atoms with Gasteiger partial charge in [0.2, 0.25) is 0 Å². The van der Waals surface area contributed by atoms with Crippen LogP contribution in [0.5, 0.6) is 0 Å². The summed E-state index contributed by atoms with van der Waals surface area (Å²) in [6.07, 6.45) is 7.86. The number of aromatic nitrogens is 1. The molecule has 1 unspecified atom stereocenters. The standard InChI is InChI=1S/C11H13ClN2/c1-4-11(3,5-2)14-10-7-6-9(12)8-13-10/h1,6-8H,5H2,2-3H3,(H,13,14). The van der Waals surface area contributed by atoms with E-state index in [0.717, 1.165) is 12.2 Å². The summed E-state index contributed by atoms with van der Waals surface area (Å²) in [5, 5.41) is 3.80. The van der Waals surface area contributed by atoms with E-state index in [1.165, 1.54) is 0 Å². The van der Waals surface area contributed by atoms with Gasteiger partial charge in [-0.3, -0.25) is 0 Å². The maximum Gasteiger partial charge on any atom is 0.127 e. The first-order chi connectivity index (χ1) is 6.59. The Balaban J connectivity index is 2.79. The van der Waals surface area contributed by atoms with Crippen molar-refractivity contribution >= 4 is 17.4 Å². The molecular weight excluding hydrogens is 196 g/mol. The van der Waals surface area contributed by atoms with E-state index >= 15 is 0 Å². The van der Waals surface area contributed by atoms with Crippen LogP contribution in [0.4, 0.5) is 5.82 Å². The summed E-state index contributed by atoms with van der Waals surface area (Å²) < 4.78 is 0. The molecule has 2 nitrogen and oxygen atoms in total. The molecule has 1 heterocycles. The number of pyridine rings is 1. The molecule has 0 fully saturated rings. The first-order valence-corrected chi connectivity index (χ1v) is 4.85. The van der Waals surface area contributed by atoms with Crippen molar-refractivity contribution < 1.29 is 0 Å². The molecule has 0 bridgehead atoms. The predicted molar refractivity (Wildman–Crippen MR) is 60.4 cm³/mol. The zero-order valence-corrected chi connectivity index (χ0v) is 9.10. The lowest BCUT2D eigenvalue weighted by molar-refractivity contribution is 0.632. The monoisotopic (exact) mass is 208 g/mol. The molecule has 0 radical (unpaired) electrons. The number of hydrogen-bond donors (Lipinski definition) is 1. The van der Waals surface area contributed by atoms with Crippen molar-refractivity contribution in [3.63, 3.8) is 0 Å². The zero-order chi connectivity index (χ0) is 10.6. The Morgan fingerprint density at radius 2 is 2.36 bits per heavy atom. The lowest BCUT2D eigenvalue weighted by Crippen LogP contribution is -2.32. The topological polar surface area (TPSA) is 24.9 Å². The maximum atomic E-state index is 5.72. The van der Waals surface area contributed by atoms with Gasteiger partial charge in [-0.2, -0.15) is 0 Å². The third kappa shape index (κ3) is 2.65. The molecule has 14 heavy (non-hydrogen) atoms. The van der Waals surface area contributed by atoms with Crippen LogP contribution in [0.15, 0.2) is 18.3 Å². The fourth-order valence-electron chi connectivity index (χ4n) is 0.959. The maximum absolute atomic E-state index is 5.72. The predicted octanol–water partition coefficient (Wildman–Crippen LogP) is 2.95. The number of nitrogens with zero attached hydrogens (tertiary/aromatic N) is 1. The van der Waals surface area contributed by atoms with Crippen molar-refractivity contribution in [1.82, 2.24) is 4.98 Å². The smallest absolute Gasteiger partial charge is 0.127 e. The Hall–Kier alpha value is -1.20. The third-order valence-electron chi connectivity index (χ3n) is 2.16. The van der Waals surface area contributed by atoms with Crippen LogP contribution >= 0.6 is 11.6 Å². The van der Waals surface area contributed by atoms with Crippen LogP contribution < -0.4 is 5.32 Å². The fraction of sp³-hybridized carbons (Fsp3) is 0.364. The van der Waals surface area contributed by atoms with Crippen molar-refractivity contribution in [2.45, 2.75) is 25.8 Å². The molecule has 0 aliphatic carbocycles. The van der Waals surface area contributed by atoms with Crippen LogP contribution in [0.2, 0.25) is 5.02 Å². The SMILES string of the molecule is C#CC(C)(CC)Nc1ccc(Cl)cn1. The van der Waals surface area contributed by atoms with Crippen LogP contribution in [0.25, 0.3) is 0 Å². The van der Waals surface area contributed by atoms with E-state index in [1.54, 1.807) is 12.3 Å². The molecule has 1 aromatic rings. The Kier molecular flexibility index (Phi) is 3.38. The first-order valence-electron chi connectivity index (χ1n) is 4.47. The molecule has 0 aliphatic rings. The van der Waals surface area contributed by atoms with Gasteiger partial charge in [0.05, 0.1) is 10.6 Å². The Bertz CT molecular complexity index is 339. The van der Waals surface area contributed by atoms with Crippen LogP contribution in [0, 0.1) is 12.3 Å². The van der Waals surface area contributed by atoms with Gasteiger partial charge in [0.15, 0.2) is 0 Å². The fourth-order valence-corrected chi connectivity index (χ4v) is 1.07. The molecule has 0 saturated heterocycles. The van der Waals surface area contributed by atoms with Crippen molar-refractivity contribution in [2.75, 3.05) is 5.32 Å². The van der Waals surface area contributed by atoms with E-state index in [-0.39, 0.29) is 5.54 Å². The van der Waals surface area contributed by atoms with Gasteiger partial charge in [-0.25, -0.2) is 4.98 Å². The van der Waals surface area contributed by atoms with Crippen molar-refractivity contribution in [2.24, 2.45) is 0 Å². The number of anilines is 1. The van der Waals surface area contributed by atoms with Crippen molar-refractivity contribution in [3.05, 3.63) is 23.4 Å². The minimum atomic E-state index is -0.346. The highest BCUT2D eigenvalue weighted by Crippen LogP contribution is 2.17. The molecule has 0 aliphatic heterocycles. The molecular formula is C11H13ClN2. The summed E-state index contributed by atoms with van der Waals surface area (Å²) >= 11 is 5.72. The number of nitrogens with one attached hydrogen (secondary N) is 1. The third-order valence-corrected chi connectivity index (χ3v) is 2.38. The molecule has 1 atom stereocenters. The van der Waals surface area contributed by atoms with Crippen molar-refractivity contribution in [3.8, 4) is 12.3 Å². The number of halogens is 1. The zero-order valence-electron chi connectivity index (χ0n) is 8.34. The Morgan fingerprint density at radius 1 is 1.64 bits per heavy atom. The molecule has 0 spiro atoms. The van der Waals surface area contributed by atoms with Crippen molar-refractivity contribution in [1.29, 1.82) is 0 Å². The molecule has 1 rings (SSSR count). The molecule has 0 amide bonds. The van der Waals surface area contributed by atoms with Crippen LogP contribution in [-0.4, -0.2) is 10.5 Å². The van der Waals surface area contributed by atoms with E-state index in [2.05, 4.69) is 16.2 Å². The van der Waals surface area contributed by atoms with E-state index < -0.39 is 0 Å². The Morgan fingerprint density at radius 3 is 2.79 bits per heavy atom. The average Bonchev–Trinajstić information content (AvgIpc) is 2.21. The second-order valence-electron chi connectivity index (χ2n) is 3.32. The van der Waals surface area contributed by atoms with Crippen LogP contribution in [-0.2, 0) is 0 Å². The average molecular weight is 209 g/mol. The number of hydrogen-bond acceptors (Lipinski definition) is 2. The van der Waals surface area contributed by atoms with Gasteiger partial charge in [-0.05, 0) is 25.5 Å². The van der Waals surface area contributed by atoms with Crippen LogP contribution in [0.3, 0.4) is 0 Å². The van der Waals surface area contributed by atoms with Gasteiger partial charge in [0.1, 0.15) is 5.82 Å². The van der Waals surface area contributed by atoms with E-state index in [0.29, 0.717) is 5.02 Å². The largest absolute Gasteiger partial charge is 0.354 e. The molecule has 0 aromatic carbocycles. The van der Waals surface area contributed by atoms with Gasteiger partial charge in [-0.1, -0.05) is 24.4 Å². The lowest BCUT2D eigenvalue weighted by Gasteiger charge is -2.23. The molecule has 3 heteroatoms. The van der Waals surface area contributed by atoms with E-state index in [1.807, 2.05) is 19.9 Å². The molecule has 1 N–H and O–H groups in total. The number of rotatable bonds is 3. The highest BCUT2D eigenvalue weighted by Gasteiger charge is 2.18. The van der Waals surface area contributed by atoms with Gasteiger partial charge < -0.3 is 5.32 Å². The summed E-state index contributed by atoms with van der Waals surface area (Å²) in [4.78, 5) is 4.12. The van der Waals surface area contributed by atoms with Gasteiger partial charge >= 0.3 is 0 Å². The quantitative estimate of drug-likeness (QED) is 0.773. The molecule has 0 saturated carbocycles. The summed E-state index contributed by atoms with van der Waals surface area (Å²) in [6, 6.07) is 3.59. The van der Waals surface area contributed by atoms with Gasteiger partial charge in [-0.15, -0.1) is 6.42 Å². The molecule has 1 aromatic heterocycles. The minimum Gasteiger partial charge on any atom is -0.354 e. The van der Waals surface area contributed by atoms with Gasteiger partial charge in [0.25, 0.3) is 0 Å². The highest BCUT2D eigenvalue weighted by molar-refractivity contribution is 6.30. The number of terminal acetylenes is 1. The Labute approximate surface area is 89.7 Å². The second kappa shape index (κ2) is 4.34. The molecule has 74 valence electrons. The minimum absolute atomic E-state index is 0.346. The van der Waals surface area contributed by atoms with E-state index in [9.17, 15) is 0 Å².